The summed E-state index contributed by atoms with van der Waals surface area (Å²) < 4.78 is 7.64. The standard InChI is InChI=1S/C27H34N4O3/c1-19-13-14-20(2)24(15-19)34-18-26(32)28-16-25-29-22-11-7-8-12-23(22)31(25)17-27(33)30(3)21-9-5-4-6-10-21/h7-8,11-15,21H,4-6,9-10,16-18H2,1-3H3,(H,28,32). The van der Waals surface area contributed by atoms with E-state index in [9.17, 15) is 9.59 Å². The molecule has 0 spiro atoms. The molecule has 0 radical (unpaired) electrons. The first kappa shape index (κ1) is 23.8. The van der Waals surface area contributed by atoms with E-state index < -0.39 is 0 Å². The van der Waals surface area contributed by atoms with Gasteiger partial charge in [-0.25, -0.2) is 4.98 Å². The van der Waals surface area contributed by atoms with Crippen LogP contribution < -0.4 is 10.1 Å². The number of nitrogens with zero attached hydrogens (tertiary/aromatic N) is 3. The molecule has 0 atom stereocenters. The van der Waals surface area contributed by atoms with Crippen LogP contribution in [-0.4, -0.2) is 46.0 Å². The van der Waals surface area contributed by atoms with Gasteiger partial charge in [0.1, 0.15) is 18.1 Å². The van der Waals surface area contributed by atoms with Gasteiger partial charge >= 0.3 is 0 Å². The van der Waals surface area contributed by atoms with Gasteiger partial charge in [-0.3, -0.25) is 9.59 Å². The van der Waals surface area contributed by atoms with Crippen molar-refractivity contribution in [2.45, 2.75) is 65.1 Å². The van der Waals surface area contributed by atoms with Crippen LogP contribution in [-0.2, 0) is 22.7 Å². The number of benzene rings is 2. The number of aryl methyl sites for hydroxylation is 2. The fourth-order valence-corrected chi connectivity index (χ4v) is 4.59. The molecular formula is C27H34N4O3. The molecule has 2 amide bonds. The Morgan fingerprint density at radius 1 is 1.12 bits per heavy atom. The van der Waals surface area contributed by atoms with E-state index in [1.165, 1.54) is 19.3 Å². The molecule has 1 aliphatic rings. The van der Waals surface area contributed by atoms with E-state index in [1.807, 2.05) is 72.8 Å². The van der Waals surface area contributed by atoms with Crippen LogP contribution in [0.15, 0.2) is 42.5 Å². The molecule has 1 aromatic heterocycles. The number of imidazole rings is 1. The molecule has 3 aromatic rings. The number of ether oxygens (including phenoxy) is 1. The number of nitrogens with one attached hydrogen (secondary N) is 1. The van der Waals surface area contributed by atoms with Crippen LogP contribution in [0.4, 0.5) is 0 Å². The maximum Gasteiger partial charge on any atom is 0.258 e. The molecule has 34 heavy (non-hydrogen) atoms. The minimum atomic E-state index is -0.231. The lowest BCUT2D eigenvalue weighted by molar-refractivity contribution is -0.133. The first-order valence-electron chi connectivity index (χ1n) is 12.1. The highest BCUT2D eigenvalue weighted by Crippen LogP contribution is 2.23. The molecule has 1 fully saturated rings. The number of likely N-dealkylation sites (N-methyl/N-ethyl adjacent to an activating group) is 1. The molecule has 0 aliphatic heterocycles. The lowest BCUT2D eigenvalue weighted by Crippen LogP contribution is -2.40. The number of carbonyl (C=O) groups excluding carboxylic acids is 2. The lowest BCUT2D eigenvalue weighted by atomic mass is 9.94. The molecule has 1 aliphatic carbocycles. The van der Waals surface area contributed by atoms with Crippen molar-refractivity contribution < 1.29 is 14.3 Å². The van der Waals surface area contributed by atoms with Crippen LogP contribution in [0.2, 0.25) is 0 Å². The van der Waals surface area contributed by atoms with E-state index in [0.29, 0.717) is 17.6 Å². The molecule has 0 bridgehead atoms. The van der Waals surface area contributed by atoms with E-state index in [4.69, 9.17) is 9.72 Å². The van der Waals surface area contributed by atoms with Crippen molar-refractivity contribution >= 4 is 22.8 Å². The zero-order valence-corrected chi connectivity index (χ0v) is 20.3. The van der Waals surface area contributed by atoms with Gasteiger partial charge in [-0.1, -0.05) is 43.5 Å². The third-order valence-corrected chi connectivity index (χ3v) is 6.69. The minimum Gasteiger partial charge on any atom is -0.483 e. The van der Waals surface area contributed by atoms with Crippen molar-refractivity contribution in [2.24, 2.45) is 0 Å². The van der Waals surface area contributed by atoms with Crippen LogP contribution in [0.3, 0.4) is 0 Å². The Morgan fingerprint density at radius 2 is 1.88 bits per heavy atom. The summed E-state index contributed by atoms with van der Waals surface area (Å²) in [6, 6.07) is 14.0. The Morgan fingerprint density at radius 3 is 2.68 bits per heavy atom. The van der Waals surface area contributed by atoms with Gasteiger partial charge in [0.15, 0.2) is 6.61 Å². The Labute approximate surface area is 201 Å². The maximum absolute atomic E-state index is 13.1. The maximum atomic E-state index is 13.1. The number of aromatic nitrogens is 2. The topological polar surface area (TPSA) is 76.5 Å². The van der Waals surface area contributed by atoms with Crippen LogP contribution in [0.25, 0.3) is 11.0 Å². The van der Waals surface area contributed by atoms with Gasteiger partial charge in [-0.05, 0) is 56.0 Å². The SMILES string of the molecule is Cc1ccc(C)c(OCC(=O)NCc2nc3ccccc3n2CC(=O)N(C)C2CCCCC2)c1. The van der Waals surface area contributed by atoms with Crippen LogP contribution in [0.1, 0.15) is 49.1 Å². The Hall–Kier alpha value is -3.35. The molecule has 2 aromatic carbocycles. The number of fused-ring (bicyclic) bond motifs is 1. The summed E-state index contributed by atoms with van der Waals surface area (Å²) in [4.78, 5) is 32.2. The van der Waals surface area contributed by atoms with Crippen molar-refractivity contribution in [3.63, 3.8) is 0 Å². The van der Waals surface area contributed by atoms with E-state index in [0.717, 1.165) is 35.0 Å². The summed E-state index contributed by atoms with van der Waals surface area (Å²) in [7, 11) is 1.91. The molecule has 1 saturated carbocycles. The second kappa shape index (κ2) is 10.7. The quantitative estimate of drug-likeness (QED) is 0.546. The molecule has 0 unspecified atom stereocenters. The first-order chi connectivity index (χ1) is 16.4. The summed E-state index contributed by atoms with van der Waals surface area (Å²) >= 11 is 0. The van der Waals surface area contributed by atoms with Gasteiger partial charge in [0.05, 0.1) is 17.6 Å². The summed E-state index contributed by atoms with van der Waals surface area (Å²) in [5.41, 5.74) is 3.77. The van der Waals surface area contributed by atoms with Crippen LogP contribution in [0.5, 0.6) is 5.75 Å². The molecular weight excluding hydrogens is 428 g/mol. The average Bonchev–Trinajstić information content (AvgIpc) is 3.20. The highest BCUT2D eigenvalue weighted by Gasteiger charge is 2.23. The van der Waals surface area contributed by atoms with Crippen molar-refractivity contribution in [1.82, 2.24) is 19.8 Å². The lowest BCUT2D eigenvalue weighted by Gasteiger charge is -2.31. The van der Waals surface area contributed by atoms with E-state index in [2.05, 4.69) is 5.32 Å². The highest BCUT2D eigenvalue weighted by atomic mass is 16.5. The molecule has 180 valence electrons. The van der Waals surface area contributed by atoms with Crippen LogP contribution in [0, 0.1) is 13.8 Å². The third-order valence-electron chi connectivity index (χ3n) is 6.69. The van der Waals surface area contributed by atoms with E-state index >= 15 is 0 Å². The fourth-order valence-electron chi connectivity index (χ4n) is 4.59. The fraction of sp³-hybridized carbons (Fsp3) is 0.444. The predicted octanol–water partition coefficient (Wildman–Crippen LogP) is 4.14. The Bertz CT molecular complexity index is 1160. The second-order valence-corrected chi connectivity index (χ2v) is 9.23. The van der Waals surface area contributed by atoms with Crippen molar-refractivity contribution in [3.8, 4) is 5.75 Å². The number of hydrogen-bond donors (Lipinski definition) is 1. The molecule has 1 N–H and O–H groups in total. The summed E-state index contributed by atoms with van der Waals surface area (Å²) in [6.45, 7) is 4.30. The molecule has 7 heteroatoms. The normalized spacial score (nSPS) is 14.2. The second-order valence-electron chi connectivity index (χ2n) is 9.23. The zero-order valence-electron chi connectivity index (χ0n) is 20.3. The highest BCUT2D eigenvalue weighted by molar-refractivity contribution is 5.81. The zero-order chi connectivity index (χ0) is 24.1. The van der Waals surface area contributed by atoms with Gasteiger partial charge < -0.3 is 19.5 Å². The number of hydrogen-bond acceptors (Lipinski definition) is 4. The molecule has 0 saturated heterocycles. The monoisotopic (exact) mass is 462 g/mol. The summed E-state index contributed by atoms with van der Waals surface area (Å²) in [5, 5.41) is 2.90. The van der Waals surface area contributed by atoms with Gasteiger partial charge in [0, 0.05) is 13.1 Å². The number of amides is 2. The third kappa shape index (κ3) is 5.58. The molecule has 1 heterocycles. The van der Waals surface area contributed by atoms with Crippen molar-refractivity contribution in [2.75, 3.05) is 13.7 Å². The minimum absolute atomic E-state index is 0.0703. The van der Waals surface area contributed by atoms with Gasteiger partial charge in [0.25, 0.3) is 5.91 Å². The first-order valence-corrected chi connectivity index (χ1v) is 12.1. The number of rotatable bonds is 8. The van der Waals surface area contributed by atoms with Crippen molar-refractivity contribution in [1.29, 1.82) is 0 Å². The molecule has 7 nitrogen and oxygen atoms in total. The Balaban J connectivity index is 1.42. The number of para-hydroxylation sites is 2. The van der Waals surface area contributed by atoms with Gasteiger partial charge in [-0.2, -0.15) is 0 Å². The largest absolute Gasteiger partial charge is 0.483 e. The smallest absolute Gasteiger partial charge is 0.258 e. The Kier molecular flexibility index (Phi) is 7.50. The molecule has 4 rings (SSSR count). The van der Waals surface area contributed by atoms with E-state index in [-0.39, 0.29) is 31.5 Å². The summed E-state index contributed by atoms with van der Waals surface area (Å²) in [5.74, 6) is 1.21. The van der Waals surface area contributed by atoms with E-state index in [1.54, 1.807) is 0 Å². The average molecular weight is 463 g/mol. The van der Waals surface area contributed by atoms with Crippen molar-refractivity contribution in [3.05, 3.63) is 59.4 Å². The summed E-state index contributed by atoms with van der Waals surface area (Å²) in [6.07, 6.45) is 5.74. The van der Waals surface area contributed by atoms with Gasteiger partial charge in [-0.15, -0.1) is 0 Å². The van der Waals surface area contributed by atoms with Crippen LogP contribution >= 0.6 is 0 Å². The number of carbonyl (C=O) groups is 2. The van der Waals surface area contributed by atoms with Gasteiger partial charge in [0.2, 0.25) is 5.91 Å². The predicted molar refractivity (Wildman–Crippen MR) is 133 cm³/mol.